The molecule has 5 nitrogen and oxygen atoms in total. The molecule has 2 atom stereocenters. The number of aliphatic hydroxyl groups excluding tert-OH is 1. The summed E-state index contributed by atoms with van der Waals surface area (Å²) in [7, 11) is 1.72. The Balaban J connectivity index is 1.83. The van der Waals surface area contributed by atoms with Gasteiger partial charge in [0.15, 0.2) is 0 Å². The van der Waals surface area contributed by atoms with Gasteiger partial charge in [0.2, 0.25) is 0 Å². The summed E-state index contributed by atoms with van der Waals surface area (Å²) in [5.74, 6) is 0.754. The van der Waals surface area contributed by atoms with E-state index < -0.39 is 0 Å². The molecule has 0 bridgehead atoms. The van der Waals surface area contributed by atoms with Crippen LogP contribution in [0.25, 0.3) is 0 Å². The Morgan fingerprint density at radius 3 is 3.00 bits per heavy atom. The number of nitrogens with zero attached hydrogens (tertiary/aromatic N) is 1. The highest BCUT2D eigenvalue weighted by atomic mass is 16.5. The minimum Gasteiger partial charge on any atom is -0.396 e. The number of carbonyl (C=O) groups is 1. The van der Waals surface area contributed by atoms with Crippen LogP contribution in [0.15, 0.2) is 24.3 Å². The first kappa shape index (κ1) is 18.7. The molecule has 0 aliphatic heterocycles. The minimum atomic E-state index is -0.164. The van der Waals surface area contributed by atoms with Crippen molar-refractivity contribution in [3.05, 3.63) is 29.8 Å². The molecule has 1 aromatic carbocycles. The third kappa shape index (κ3) is 6.13. The summed E-state index contributed by atoms with van der Waals surface area (Å²) >= 11 is 0. The molecule has 0 unspecified atom stereocenters. The number of nitrogens with one attached hydrogen (secondary N) is 1. The maximum absolute atomic E-state index is 12.1. The molecule has 1 aliphatic rings. The Hall–Kier alpha value is -1.59. The van der Waals surface area contributed by atoms with Gasteiger partial charge in [0.05, 0.1) is 12.7 Å². The first-order chi connectivity index (χ1) is 11.6. The van der Waals surface area contributed by atoms with Gasteiger partial charge in [-0.3, -0.25) is 0 Å². The highest BCUT2D eigenvalue weighted by Crippen LogP contribution is 2.26. The van der Waals surface area contributed by atoms with E-state index in [1.165, 1.54) is 12.8 Å². The third-order valence-electron chi connectivity index (χ3n) is 4.55. The van der Waals surface area contributed by atoms with Gasteiger partial charge in [0, 0.05) is 25.9 Å². The Morgan fingerprint density at radius 2 is 2.25 bits per heavy atom. The molecule has 0 spiro atoms. The van der Waals surface area contributed by atoms with Crippen LogP contribution in [0.4, 0.5) is 10.5 Å². The van der Waals surface area contributed by atoms with Gasteiger partial charge in [-0.2, -0.15) is 0 Å². The fraction of sp³-hybridized carbons (Fsp3) is 0.632. The molecule has 1 aromatic rings. The zero-order chi connectivity index (χ0) is 17.4. The SMILES string of the molecule is C[C@H]1CCC[C@H](OCc2cccc(NC(=O)N(C)CCCO)c2)C1. The van der Waals surface area contributed by atoms with Crippen LogP contribution in [-0.4, -0.2) is 42.3 Å². The number of rotatable bonds is 7. The summed E-state index contributed by atoms with van der Waals surface area (Å²) in [6.45, 7) is 3.50. The largest absolute Gasteiger partial charge is 0.396 e. The van der Waals surface area contributed by atoms with Gasteiger partial charge >= 0.3 is 6.03 Å². The number of anilines is 1. The Labute approximate surface area is 145 Å². The van der Waals surface area contributed by atoms with Crippen molar-refractivity contribution in [2.45, 2.75) is 51.7 Å². The number of ether oxygens (including phenoxy) is 1. The standard InChI is InChI=1S/C19H30N2O3/c1-15-6-3-9-18(12-15)24-14-16-7-4-8-17(13-16)20-19(23)21(2)10-5-11-22/h4,7-8,13,15,18,22H,3,5-6,9-12,14H2,1-2H3,(H,20,23)/t15-,18-/m0/s1. The average Bonchev–Trinajstić information content (AvgIpc) is 2.58. The Kier molecular flexibility index (Phi) is 7.53. The van der Waals surface area contributed by atoms with Gasteiger partial charge in [-0.25, -0.2) is 4.79 Å². The topological polar surface area (TPSA) is 61.8 Å². The van der Waals surface area contributed by atoms with Crippen molar-refractivity contribution in [2.75, 3.05) is 25.5 Å². The number of amides is 2. The van der Waals surface area contributed by atoms with Crippen LogP contribution in [-0.2, 0) is 11.3 Å². The molecule has 1 fully saturated rings. The van der Waals surface area contributed by atoms with Gasteiger partial charge < -0.3 is 20.1 Å². The zero-order valence-electron chi connectivity index (χ0n) is 14.8. The van der Waals surface area contributed by atoms with Crippen molar-refractivity contribution < 1.29 is 14.6 Å². The van der Waals surface area contributed by atoms with Gasteiger partial charge in [-0.05, 0) is 42.9 Å². The summed E-state index contributed by atoms with van der Waals surface area (Å²) in [6, 6.07) is 7.64. The van der Waals surface area contributed by atoms with E-state index in [2.05, 4.69) is 12.2 Å². The molecule has 5 heteroatoms. The van der Waals surface area contributed by atoms with Crippen molar-refractivity contribution in [1.82, 2.24) is 4.90 Å². The van der Waals surface area contributed by atoms with E-state index in [1.807, 2.05) is 24.3 Å². The third-order valence-corrected chi connectivity index (χ3v) is 4.55. The first-order valence-corrected chi connectivity index (χ1v) is 8.92. The van der Waals surface area contributed by atoms with Crippen LogP contribution < -0.4 is 5.32 Å². The van der Waals surface area contributed by atoms with Crippen LogP contribution in [0, 0.1) is 5.92 Å². The average molecular weight is 334 g/mol. The monoisotopic (exact) mass is 334 g/mol. The second-order valence-corrected chi connectivity index (χ2v) is 6.83. The number of aliphatic hydroxyl groups is 1. The van der Waals surface area contributed by atoms with Crippen LogP contribution in [0.3, 0.4) is 0 Å². The molecular weight excluding hydrogens is 304 g/mol. The number of urea groups is 1. The lowest BCUT2D eigenvalue weighted by Crippen LogP contribution is -2.32. The quantitative estimate of drug-likeness (QED) is 0.800. The van der Waals surface area contributed by atoms with Crippen molar-refractivity contribution >= 4 is 11.7 Å². The molecule has 1 saturated carbocycles. The van der Waals surface area contributed by atoms with E-state index in [4.69, 9.17) is 9.84 Å². The van der Waals surface area contributed by atoms with E-state index in [-0.39, 0.29) is 12.6 Å². The summed E-state index contributed by atoms with van der Waals surface area (Å²) in [5.41, 5.74) is 1.85. The molecule has 24 heavy (non-hydrogen) atoms. The molecule has 2 N–H and O–H groups in total. The molecular formula is C19H30N2O3. The second-order valence-electron chi connectivity index (χ2n) is 6.83. The molecule has 0 heterocycles. The molecule has 1 aliphatic carbocycles. The van der Waals surface area contributed by atoms with Gasteiger partial charge in [0.1, 0.15) is 0 Å². The van der Waals surface area contributed by atoms with E-state index in [0.717, 1.165) is 30.0 Å². The van der Waals surface area contributed by atoms with E-state index >= 15 is 0 Å². The maximum atomic E-state index is 12.1. The predicted octanol–water partition coefficient (Wildman–Crippen LogP) is 3.63. The number of benzene rings is 1. The first-order valence-electron chi connectivity index (χ1n) is 8.92. The fourth-order valence-corrected chi connectivity index (χ4v) is 3.11. The fourth-order valence-electron chi connectivity index (χ4n) is 3.11. The lowest BCUT2D eigenvalue weighted by atomic mass is 9.89. The summed E-state index contributed by atoms with van der Waals surface area (Å²) in [5, 5.41) is 11.7. The van der Waals surface area contributed by atoms with E-state index in [0.29, 0.717) is 25.7 Å². The normalized spacial score (nSPS) is 20.6. The van der Waals surface area contributed by atoms with Gasteiger partial charge in [0.25, 0.3) is 0 Å². The maximum Gasteiger partial charge on any atom is 0.321 e. The highest BCUT2D eigenvalue weighted by Gasteiger charge is 2.19. The summed E-state index contributed by atoms with van der Waals surface area (Å²) < 4.78 is 6.05. The lowest BCUT2D eigenvalue weighted by molar-refractivity contribution is 0.00468. The van der Waals surface area contributed by atoms with Gasteiger partial charge in [-0.15, -0.1) is 0 Å². The summed E-state index contributed by atoms with van der Waals surface area (Å²) in [4.78, 5) is 13.6. The van der Waals surface area contributed by atoms with Gasteiger partial charge in [-0.1, -0.05) is 31.9 Å². The van der Waals surface area contributed by atoms with Crippen LogP contribution in [0.1, 0.15) is 44.6 Å². The Bertz CT molecular complexity index is 521. The lowest BCUT2D eigenvalue weighted by Gasteiger charge is -2.26. The zero-order valence-corrected chi connectivity index (χ0v) is 14.8. The molecule has 0 saturated heterocycles. The van der Waals surface area contributed by atoms with Crippen molar-refractivity contribution in [3.8, 4) is 0 Å². The molecule has 0 aromatic heterocycles. The van der Waals surface area contributed by atoms with Crippen molar-refractivity contribution in [1.29, 1.82) is 0 Å². The van der Waals surface area contributed by atoms with Crippen LogP contribution in [0.2, 0.25) is 0 Å². The minimum absolute atomic E-state index is 0.0875. The molecule has 0 radical (unpaired) electrons. The second kappa shape index (κ2) is 9.64. The van der Waals surface area contributed by atoms with Crippen molar-refractivity contribution in [3.63, 3.8) is 0 Å². The number of hydrogen-bond donors (Lipinski definition) is 2. The Morgan fingerprint density at radius 1 is 1.42 bits per heavy atom. The van der Waals surface area contributed by atoms with Crippen LogP contribution >= 0.6 is 0 Å². The number of hydrogen-bond acceptors (Lipinski definition) is 3. The molecule has 2 amide bonds. The number of carbonyl (C=O) groups excluding carboxylic acids is 1. The predicted molar refractivity (Wildman–Crippen MR) is 96.0 cm³/mol. The molecule has 134 valence electrons. The summed E-state index contributed by atoms with van der Waals surface area (Å²) in [6.07, 6.45) is 5.80. The smallest absolute Gasteiger partial charge is 0.321 e. The van der Waals surface area contributed by atoms with Crippen molar-refractivity contribution in [2.24, 2.45) is 5.92 Å². The highest BCUT2D eigenvalue weighted by molar-refractivity contribution is 5.89. The molecule has 2 rings (SSSR count). The van der Waals surface area contributed by atoms with E-state index in [9.17, 15) is 4.79 Å². The van der Waals surface area contributed by atoms with E-state index in [1.54, 1.807) is 11.9 Å². The van der Waals surface area contributed by atoms with Crippen LogP contribution in [0.5, 0.6) is 0 Å².